The number of ketones is 1. The summed E-state index contributed by atoms with van der Waals surface area (Å²) in [6, 6.07) is 15.5. The van der Waals surface area contributed by atoms with E-state index in [9.17, 15) is 9.59 Å². The Morgan fingerprint density at radius 1 is 1.07 bits per heavy atom. The molecular formula is C22H20N2O3. The van der Waals surface area contributed by atoms with E-state index in [2.05, 4.69) is 5.10 Å². The van der Waals surface area contributed by atoms with Crippen LogP contribution in [0, 0.1) is 0 Å². The van der Waals surface area contributed by atoms with Crippen LogP contribution in [0.25, 0.3) is 11.1 Å². The van der Waals surface area contributed by atoms with E-state index in [0.717, 1.165) is 40.7 Å². The second-order valence-corrected chi connectivity index (χ2v) is 6.72. The average molecular weight is 360 g/mol. The third-order valence-corrected chi connectivity index (χ3v) is 4.76. The fraction of sp³-hybridized carbons (Fsp3) is 0.227. The van der Waals surface area contributed by atoms with Gasteiger partial charge in [-0.15, -0.1) is 0 Å². The number of hydrogen-bond donors (Lipinski definition) is 0. The Morgan fingerprint density at radius 2 is 1.93 bits per heavy atom. The van der Waals surface area contributed by atoms with E-state index in [1.165, 1.54) is 0 Å². The minimum absolute atomic E-state index is 0.0523. The maximum atomic E-state index is 12.1. The molecule has 4 rings (SSSR count). The molecular weight excluding hydrogens is 340 g/mol. The predicted molar refractivity (Wildman–Crippen MR) is 101 cm³/mol. The summed E-state index contributed by atoms with van der Waals surface area (Å²) < 4.78 is 6.85. The quantitative estimate of drug-likeness (QED) is 0.649. The lowest BCUT2D eigenvalue weighted by molar-refractivity contribution is -0.145. The number of carbonyl (C=O) groups is 2. The monoisotopic (exact) mass is 360 g/mol. The van der Waals surface area contributed by atoms with Crippen LogP contribution in [-0.2, 0) is 29.1 Å². The fourth-order valence-electron chi connectivity index (χ4n) is 3.32. The zero-order valence-corrected chi connectivity index (χ0v) is 14.9. The van der Waals surface area contributed by atoms with Crippen molar-refractivity contribution in [1.29, 1.82) is 0 Å². The number of nitrogens with zero attached hydrogens (tertiary/aromatic N) is 2. The summed E-state index contributed by atoms with van der Waals surface area (Å²) in [6.45, 7) is 0.303. The number of ether oxygens (including phenoxy) is 1. The maximum absolute atomic E-state index is 12.1. The highest BCUT2D eigenvalue weighted by Gasteiger charge is 2.18. The molecule has 0 radical (unpaired) electrons. The molecule has 136 valence electrons. The molecule has 0 unspecified atom stereocenters. The smallest absolute Gasteiger partial charge is 0.328 e. The molecule has 0 spiro atoms. The van der Waals surface area contributed by atoms with Crippen LogP contribution in [0.1, 0.15) is 34.3 Å². The standard InChI is InChI=1S/C22H20N2O3/c25-21-8-4-7-17-9-10-18(11-20(17)21)19-12-23-24(13-19)14-22(26)27-15-16-5-2-1-3-6-16/h1-3,5-6,9-13H,4,7-8,14-15H2. The first-order valence-corrected chi connectivity index (χ1v) is 9.07. The van der Waals surface area contributed by atoms with Gasteiger partial charge in [-0.05, 0) is 35.6 Å². The van der Waals surface area contributed by atoms with Gasteiger partial charge in [-0.3, -0.25) is 14.3 Å². The number of fused-ring (bicyclic) bond motifs is 1. The third-order valence-electron chi connectivity index (χ3n) is 4.76. The van der Waals surface area contributed by atoms with E-state index >= 15 is 0 Å². The van der Waals surface area contributed by atoms with Gasteiger partial charge in [0.2, 0.25) is 0 Å². The Balaban J connectivity index is 1.42. The number of rotatable bonds is 5. The zero-order chi connectivity index (χ0) is 18.6. The second kappa shape index (κ2) is 7.58. The molecule has 0 bridgehead atoms. The van der Waals surface area contributed by atoms with Gasteiger partial charge in [0.15, 0.2) is 5.78 Å². The van der Waals surface area contributed by atoms with Gasteiger partial charge >= 0.3 is 5.97 Å². The van der Waals surface area contributed by atoms with Crippen LogP contribution in [0.5, 0.6) is 0 Å². The van der Waals surface area contributed by atoms with E-state index in [-0.39, 0.29) is 24.9 Å². The molecule has 3 aromatic rings. The summed E-state index contributed by atoms with van der Waals surface area (Å²) in [5, 5.41) is 4.25. The summed E-state index contributed by atoms with van der Waals surface area (Å²) in [7, 11) is 0. The zero-order valence-electron chi connectivity index (χ0n) is 14.9. The van der Waals surface area contributed by atoms with Gasteiger partial charge in [0.25, 0.3) is 0 Å². The van der Waals surface area contributed by atoms with Gasteiger partial charge in [0, 0.05) is 23.7 Å². The van der Waals surface area contributed by atoms with Crippen LogP contribution >= 0.6 is 0 Å². The number of benzene rings is 2. The number of hydrogen-bond acceptors (Lipinski definition) is 4. The van der Waals surface area contributed by atoms with E-state index in [1.807, 2.05) is 48.5 Å². The Labute approximate surface area is 157 Å². The summed E-state index contributed by atoms with van der Waals surface area (Å²) in [6.07, 6.45) is 6.00. The third kappa shape index (κ3) is 3.97. The minimum atomic E-state index is -0.339. The van der Waals surface area contributed by atoms with E-state index in [0.29, 0.717) is 6.42 Å². The van der Waals surface area contributed by atoms with Crippen LogP contribution in [0.3, 0.4) is 0 Å². The molecule has 0 N–H and O–H groups in total. The van der Waals surface area contributed by atoms with Crippen LogP contribution in [0.2, 0.25) is 0 Å². The summed E-state index contributed by atoms with van der Waals surface area (Å²) in [4.78, 5) is 24.2. The van der Waals surface area contributed by atoms with Crippen molar-refractivity contribution in [3.8, 4) is 11.1 Å². The van der Waals surface area contributed by atoms with Gasteiger partial charge in [0.05, 0.1) is 6.20 Å². The highest BCUT2D eigenvalue weighted by Crippen LogP contribution is 2.27. The predicted octanol–water partition coefficient (Wildman–Crippen LogP) is 3.81. The molecule has 1 aromatic heterocycles. The average Bonchev–Trinajstić information content (AvgIpc) is 3.16. The molecule has 27 heavy (non-hydrogen) atoms. The number of aryl methyl sites for hydroxylation is 1. The van der Waals surface area contributed by atoms with Crippen molar-refractivity contribution in [3.63, 3.8) is 0 Å². The van der Waals surface area contributed by atoms with E-state index < -0.39 is 0 Å². The Kier molecular flexibility index (Phi) is 4.83. The molecule has 0 aliphatic heterocycles. The molecule has 1 aliphatic rings. The normalized spacial score (nSPS) is 13.3. The maximum Gasteiger partial charge on any atom is 0.328 e. The first-order valence-electron chi connectivity index (χ1n) is 9.07. The Morgan fingerprint density at radius 3 is 2.78 bits per heavy atom. The van der Waals surface area contributed by atoms with Crippen molar-refractivity contribution in [1.82, 2.24) is 9.78 Å². The van der Waals surface area contributed by atoms with Crippen molar-refractivity contribution in [2.75, 3.05) is 0 Å². The molecule has 5 nitrogen and oxygen atoms in total. The number of carbonyl (C=O) groups excluding carboxylic acids is 2. The SMILES string of the molecule is O=C(Cn1cc(-c2ccc3c(c2)C(=O)CCC3)cn1)OCc1ccccc1. The fourth-order valence-corrected chi connectivity index (χ4v) is 3.32. The summed E-state index contributed by atoms with van der Waals surface area (Å²) in [5.74, 6) is -0.135. The van der Waals surface area contributed by atoms with Gasteiger partial charge < -0.3 is 4.74 Å². The summed E-state index contributed by atoms with van der Waals surface area (Å²) >= 11 is 0. The first-order chi connectivity index (χ1) is 13.2. The molecule has 0 atom stereocenters. The van der Waals surface area contributed by atoms with Crippen molar-refractivity contribution < 1.29 is 14.3 Å². The number of aromatic nitrogens is 2. The molecule has 0 amide bonds. The van der Waals surface area contributed by atoms with Gasteiger partial charge in [0.1, 0.15) is 13.2 Å². The van der Waals surface area contributed by atoms with Crippen molar-refractivity contribution in [2.24, 2.45) is 0 Å². The minimum Gasteiger partial charge on any atom is -0.459 e. The number of esters is 1. The second-order valence-electron chi connectivity index (χ2n) is 6.72. The van der Waals surface area contributed by atoms with Gasteiger partial charge in [-0.1, -0.05) is 42.5 Å². The molecule has 0 fully saturated rings. The van der Waals surface area contributed by atoms with Crippen LogP contribution in [0.4, 0.5) is 0 Å². The molecule has 2 aromatic carbocycles. The molecule has 0 saturated carbocycles. The van der Waals surface area contributed by atoms with Crippen LogP contribution in [-0.4, -0.2) is 21.5 Å². The van der Waals surface area contributed by atoms with Crippen molar-refractivity contribution in [3.05, 3.63) is 77.6 Å². The van der Waals surface area contributed by atoms with Crippen LogP contribution in [0.15, 0.2) is 60.9 Å². The van der Waals surface area contributed by atoms with Crippen molar-refractivity contribution >= 4 is 11.8 Å². The first kappa shape index (κ1) is 17.2. The lowest BCUT2D eigenvalue weighted by Crippen LogP contribution is -2.13. The largest absolute Gasteiger partial charge is 0.459 e. The highest BCUT2D eigenvalue weighted by molar-refractivity contribution is 5.99. The van der Waals surface area contributed by atoms with Gasteiger partial charge in [-0.2, -0.15) is 5.10 Å². The number of Topliss-reactive ketones (excluding diaryl/α,β-unsaturated/α-hetero) is 1. The van der Waals surface area contributed by atoms with E-state index in [1.54, 1.807) is 17.1 Å². The molecule has 0 saturated heterocycles. The highest BCUT2D eigenvalue weighted by atomic mass is 16.5. The van der Waals surface area contributed by atoms with Crippen molar-refractivity contribution in [2.45, 2.75) is 32.4 Å². The lowest BCUT2D eigenvalue weighted by atomic mass is 9.88. The van der Waals surface area contributed by atoms with Crippen LogP contribution < -0.4 is 0 Å². The summed E-state index contributed by atoms with van der Waals surface area (Å²) in [5.41, 5.74) is 4.70. The van der Waals surface area contributed by atoms with E-state index in [4.69, 9.17) is 4.74 Å². The van der Waals surface area contributed by atoms with Gasteiger partial charge in [-0.25, -0.2) is 0 Å². The molecule has 1 heterocycles. The lowest BCUT2D eigenvalue weighted by Gasteiger charge is -2.15. The molecule has 1 aliphatic carbocycles. The topological polar surface area (TPSA) is 61.2 Å². The molecule has 5 heteroatoms. The Bertz CT molecular complexity index is 976. The Hall–Kier alpha value is -3.21.